The first-order valence-electron chi connectivity index (χ1n) is 8.71. The number of carbonyl (C=O) groups is 1. The molecule has 24 heavy (non-hydrogen) atoms. The van der Waals surface area contributed by atoms with Gasteiger partial charge in [0.25, 0.3) is 0 Å². The summed E-state index contributed by atoms with van der Waals surface area (Å²) < 4.78 is 5.33. The highest BCUT2D eigenvalue weighted by Gasteiger charge is 2.29. The minimum atomic E-state index is 0.128. The van der Waals surface area contributed by atoms with Crippen LogP contribution in [0.1, 0.15) is 24.2 Å². The number of nitrogens with zero attached hydrogens (tertiary/aromatic N) is 5. The van der Waals surface area contributed by atoms with Crippen LogP contribution in [-0.2, 0) is 4.74 Å². The van der Waals surface area contributed by atoms with Crippen LogP contribution in [-0.4, -0.2) is 78.3 Å². The molecule has 0 radical (unpaired) electrons. The number of morpholine rings is 1. The summed E-state index contributed by atoms with van der Waals surface area (Å²) in [4.78, 5) is 27.8. The van der Waals surface area contributed by atoms with Gasteiger partial charge in [-0.05, 0) is 26.7 Å². The standard InChI is InChI=1S/C17H27N5O2/c1-13-12-18-14(2)16(19-13)21-6-4-15(5-7-21)20(3)17(23)22-8-10-24-11-9-22/h12,15H,4-11H2,1-3H3. The van der Waals surface area contributed by atoms with Crippen molar-refractivity contribution in [3.8, 4) is 0 Å². The highest BCUT2D eigenvalue weighted by atomic mass is 16.5. The van der Waals surface area contributed by atoms with Gasteiger partial charge in [0.2, 0.25) is 0 Å². The molecule has 2 saturated heterocycles. The number of carbonyl (C=O) groups excluding carboxylic acids is 1. The molecule has 3 rings (SSSR count). The maximum Gasteiger partial charge on any atom is 0.320 e. The molecule has 2 aliphatic rings. The van der Waals surface area contributed by atoms with E-state index in [0.29, 0.717) is 26.3 Å². The number of ether oxygens (including phenoxy) is 1. The van der Waals surface area contributed by atoms with E-state index >= 15 is 0 Å². The van der Waals surface area contributed by atoms with E-state index in [2.05, 4.69) is 14.9 Å². The number of piperidine rings is 1. The van der Waals surface area contributed by atoms with E-state index in [1.165, 1.54) is 0 Å². The third-order valence-corrected chi connectivity index (χ3v) is 4.95. The zero-order valence-electron chi connectivity index (χ0n) is 14.9. The summed E-state index contributed by atoms with van der Waals surface area (Å²) >= 11 is 0. The Morgan fingerprint density at radius 1 is 1.21 bits per heavy atom. The molecule has 2 amide bonds. The van der Waals surface area contributed by atoms with Crippen LogP contribution in [0.2, 0.25) is 0 Å². The first-order valence-corrected chi connectivity index (χ1v) is 8.71. The van der Waals surface area contributed by atoms with Crippen LogP contribution in [0.25, 0.3) is 0 Å². The molecule has 0 atom stereocenters. The molecular formula is C17H27N5O2. The summed E-state index contributed by atoms with van der Waals surface area (Å²) in [7, 11) is 1.93. The van der Waals surface area contributed by atoms with Gasteiger partial charge in [0.05, 0.1) is 24.6 Å². The molecule has 1 aromatic heterocycles. The minimum absolute atomic E-state index is 0.128. The van der Waals surface area contributed by atoms with Crippen molar-refractivity contribution in [2.45, 2.75) is 32.7 Å². The average Bonchev–Trinajstić information content (AvgIpc) is 2.63. The topological polar surface area (TPSA) is 61.8 Å². The van der Waals surface area contributed by atoms with Gasteiger partial charge in [-0.15, -0.1) is 0 Å². The van der Waals surface area contributed by atoms with E-state index in [1.807, 2.05) is 30.7 Å². The molecule has 3 heterocycles. The fourth-order valence-corrected chi connectivity index (χ4v) is 3.42. The lowest BCUT2D eigenvalue weighted by molar-refractivity contribution is 0.0409. The van der Waals surface area contributed by atoms with E-state index in [0.717, 1.165) is 43.1 Å². The van der Waals surface area contributed by atoms with E-state index < -0.39 is 0 Å². The lowest BCUT2D eigenvalue weighted by Gasteiger charge is -2.40. The van der Waals surface area contributed by atoms with Crippen LogP contribution >= 0.6 is 0 Å². The SMILES string of the molecule is Cc1cnc(C)c(N2CCC(N(C)C(=O)N3CCOCC3)CC2)n1. The van der Waals surface area contributed by atoms with Gasteiger partial charge >= 0.3 is 6.03 Å². The molecule has 2 fully saturated rings. The van der Waals surface area contributed by atoms with Crippen LogP contribution < -0.4 is 4.90 Å². The number of urea groups is 1. The van der Waals surface area contributed by atoms with Crippen molar-refractivity contribution in [2.75, 3.05) is 51.3 Å². The molecule has 0 unspecified atom stereocenters. The molecule has 7 heteroatoms. The molecule has 132 valence electrons. The molecule has 0 aromatic carbocycles. The van der Waals surface area contributed by atoms with Crippen LogP contribution in [0.4, 0.5) is 10.6 Å². The lowest BCUT2D eigenvalue weighted by atomic mass is 10.0. The predicted molar refractivity (Wildman–Crippen MR) is 92.3 cm³/mol. The van der Waals surface area contributed by atoms with Crippen LogP contribution in [0, 0.1) is 13.8 Å². The third-order valence-electron chi connectivity index (χ3n) is 4.95. The van der Waals surface area contributed by atoms with Crippen molar-refractivity contribution in [3.05, 3.63) is 17.6 Å². The van der Waals surface area contributed by atoms with E-state index in [4.69, 9.17) is 4.74 Å². The Morgan fingerprint density at radius 2 is 1.88 bits per heavy atom. The maximum atomic E-state index is 12.6. The van der Waals surface area contributed by atoms with Gasteiger partial charge in [0.15, 0.2) is 0 Å². The number of hydrogen-bond acceptors (Lipinski definition) is 5. The molecule has 0 spiro atoms. The van der Waals surface area contributed by atoms with Gasteiger partial charge in [-0.3, -0.25) is 4.98 Å². The number of amides is 2. The summed E-state index contributed by atoms with van der Waals surface area (Å²) in [6.45, 7) is 8.46. The van der Waals surface area contributed by atoms with E-state index in [-0.39, 0.29) is 12.1 Å². The number of anilines is 1. The average molecular weight is 333 g/mol. The number of rotatable bonds is 2. The van der Waals surface area contributed by atoms with Crippen molar-refractivity contribution in [1.29, 1.82) is 0 Å². The highest BCUT2D eigenvalue weighted by Crippen LogP contribution is 2.23. The van der Waals surface area contributed by atoms with Gasteiger partial charge in [-0.25, -0.2) is 9.78 Å². The fraction of sp³-hybridized carbons (Fsp3) is 0.706. The van der Waals surface area contributed by atoms with Crippen molar-refractivity contribution >= 4 is 11.8 Å². The summed E-state index contributed by atoms with van der Waals surface area (Å²) in [5, 5.41) is 0. The zero-order valence-corrected chi connectivity index (χ0v) is 14.9. The van der Waals surface area contributed by atoms with E-state index in [1.54, 1.807) is 6.20 Å². The molecule has 1 aromatic rings. The molecule has 0 bridgehead atoms. The molecule has 0 aliphatic carbocycles. The first-order chi connectivity index (χ1) is 11.6. The van der Waals surface area contributed by atoms with Gasteiger partial charge in [-0.1, -0.05) is 0 Å². The second-order valence-corrected chi connectivity index (χ2v) is 6.63. The zero-order chi connectivity index (χ0) is 17.1. The monoisotopic (exact) mass is 333 g/mol. The number of aromatic nitrogens is 2. The van der Waals surface area contributed by atoms with Gasteiger partial charge in [0, 0.05) is 45.5 Å². The second-order valence-electron chi connectivity index (χ2n) is 6.63. The Hall–Kier alpha value is -1.89. The summed E-state index contributed by atoms with van der Waals surface area (Å²) in [5.74, 6) is 0.982. The van der Waals surface area contributed by atoms with Crippen molar-refractivity contribution in [2.24, 2.45) is 0 Å². The fourth-order valence-electron chi connectivity index (χ4n) is 3.42. The third kappa shape index (κ3) is 3.61. The smallest absolute Gasteiger partial charge is 0.320 e. The van der Waals surface area contributed by atoms with Gasteiger partial charge < -0.3 is 19.4 Å². The van der Waals surface area contributed by atoms with Crippen LogP contribution in [0.5, 0.6) is 0 Å². The van der Waals surface area contributed by atoms with Crippen molar-refractivity contribution < 1.29 is 9.53 Å². The predicted octanol–water partition coefficient (Wildman–Crippen LogP) is 1.45. The second kappa shape index (κ2) is 7.34. The molecule has 0 saturated carbocycles. The summed E-state index contributed by atoms with van der Waals surface area (Å²) in [6.07, 6.45) is 3.73. The summed E-state index contributed by atoms with van der Waals surface area (Å²) in [6, 6.07) is 0.415. The van der Waals surface area contributed by atoms with Gasteiger partial charge in [0.1, 0.15) is 5.82 Å². The maximum absolute atomic E-state index is 12.6. The quantitative estimate of drug-likeness (QED) is 0.820. The van der Waals surface area contributed by atoms with Crippen LogP contribution in [0.15, 0.2) is 6.20 Å². The van der Waals surface area contributed by atoms with Crippen molar-refractivity contribution in [3.63, 3.8) is 0 Å². The number of hydrogen-bond donors (Lipinski definition) is 0. The van der Waals surface area contributed by atoms with Gasteiger partial charge in [-0.2, -0.15) is 0 Å². The Bertz CT molecular complexity index is 580. The molecule has 0 N–H and O–H groups in total. The van der Waals surface area contributed by atoms with E-state index in [9.17, 15) is 4.79 Å². The number of aryl methyl sites for hydroxylation is 2. The Balaban J connectivity index is 1.58. The first kappa shape index (κ1) is 17.0. The largest absolute Gasteiger partial charge is 0.378 e. The van der Waals surface area contributed by atoms with Crippen LogP contribution in [0.3, 0.4) is 0 Å². The van der Waals surface area contributed by atoms with Crippen molar-refractivity contribution in [1.82, 2.24) is 19.8 Å². The molecular weight excluding hydrogens is 306 g/mol. The highest BCUT2D eigenvalue weighted by molar-refractivity contribution is 5.74. The molecule has 7 nitrogen and oxygen atoms in total. The summed E-state index contributed by atoms with van der Waals surface area (Å²) in [5.41, 5.74) is 1.91. The molecule has 2 aliphatic heterocycles. The lowest BCUT2D eigenvalue weighted by Crippen LogP contribution is -2.52. The Labute approximate surface area is 143 Å². The normalized spacial score (nSPS) is 19.5. The minimum Gasteiger partial charge on any atom is -0.378 e. The Kier molecular flexibility index (Phi) is 5.18. The Morgan fingerprint density at radius 3 is 2.54 bits per heavy atom.